The average Bonchev–Trinajstić information content (AvgIpc) is 2.51. The summed E-state index contributed by atoms with van der Waals surface area (Å²) in [5, 5.41) is 0. The smallest absolute Gasteiger partial charge is 0.00545 e. The van der Waals surface area contributed by atoms with Crippen molar-refractivity contribution in [2.75, 3.05) is 0 Å². The van der Waals surface area contributed by atoms with E-state index in [0.717, 1.165) is 6.42 Å². The van der Waals surface area contributed by atoms with Crippen LogP contribution in [0.5, 0.6) is 0 Å². The molecule has 1 aromatic carbocycles. The highest BCUT2D eigenvalue weighted by molar-refractivity contribution is 5.82. The molecule has 1 aliphatic rings. The van der Waals surface area contributed by atoms with Gasteiger partial charge in [0, 0.05) is 0 Å². The zero-order valence-corrected chi connectivity index (χ0v) is 8.25. The predicted molar refractivity (Wildman–Crippen MR) is 60.7 cm³/mol. The number of fused-ring (bicyclic) bond motifs is 1. The predicted octanol–water partition coefficient (Wildman–Crippen LogP) is 3.21. The van der Waals surface area contributed by atoms with Gasteiger partial charge in [-0.05, 0) is 42.2 Å². The first-order valence-electron chi connectivity index (χ1n) is 4.73. The van der Waals surface area contributed by atoms with Crippen molar-refractivity contribution in [1.29, 1.82) is 0 Å². The van der Waals surface area contributed by atoms with Crippen molar-refractivity contribution in [3.8, 4) is 12.3 Å². The lowest BCUT2D eigenvalue weighted by molar-refractivity contribution is 1.19. The molecule has 0 spiro atoms. The van der Waals surface area contributed by atoms with Crippen molar-refractivity contribution < 1.29 is 0 Å². The Kier molecular flexibility index (Phi) is 2.24. The Morgan fingerprint density at radius 1 is 1.36 bits per heavy atom. The summed E-state index contributed by atoms with van der Waals surface area (Å²) < 4.78 is 0. The second-order valence-corrected chi connectivity index (χ2v) is 3.53. The second kappa shape index (κ2) is 3.55. The molecule has 1 aromatic rings. The molecule has 0 amide bonds. The molecular weight excluding hydrogens is 168 g/mol. The lowest BCUT2D eigenvalue weighted by Gasteiger charge is -1.99. The molecule has 68 valence electrons. The molecule has 0 radical (unpaired) electrons. The van der Waals surface area contributed by atoms with Gasteiger partial charge in [0.2, 0.25) is 0 Å². The lowest BCUT2D eigenvalue weighted by atomic mass is 10.1. The Balaban J connectivity index is 2.47. The molecular formula is C14H12. The molecule has 0 bridgehead atoms. The standard InChI is InChI=1S/C14H12/c1-3-4-8-13-11(2)10-12-7-5-6-9-14(12)13/h1,4-9H,10H2,2H3/b8-4-. The number of terminal acetylenes is 1. The molecule has 14 heavy (non-hydrogen) atoms. The van der Waals surface area contributed by atoms with Gasteiger partial charge >= 0.3 is 0 Å². The van der Waals surface area contributed by atoms with Crippen molar-refractivity contribution in [3.05, 3.63) is 53.1 Å². The maximum absolute atomic E-state index is 5.21. The summed E-state index contributed by atoms with van der Waals surface area (Å²) >= 11 is 0. The molecule has 0 atom stereocenters. The normalized spacial score (nSPS) is 14.6. The third-order valence-corrected chi connectivity index (χ3v) is 2.57. The molecule has 1 aliphatic carbocycles. The van der Waals surface area contributed by atoms with Gasteiger partial charge in [-0.1, -0.05) is 35.8 Å². The van der Waals surface area contributed by atoms with Crippen LogP contribution in [-0.2, 0) is 6.42 Å². The van der Waals surface area contributed by atoms with Crippen LogP contribution in [0.25, 0.3) is 5.57 Å². The molecule has 0 heterocycles. The van der Waals surface area contributed by atoms with Crippen LogP contribution in [0.15, 0.2) is 42.0 Å². The van der Waals surface area contributed by atoms with E-state index in [1.54, 1.807) is 6.08 Å². The van der Waals surface area contributed by atoms with Gasteiger partial charge in [0.25, 0.3) is 0 Å². The Hall–Kier alpha value is -1.74. The van der Waals surface area contributed by atoms with Gasteiger partial charge in [-0.15, -0.1) is 6.42 Å². The quantitative estimate of drug-likeness (QED) is 0.582. The summed E-state index contributed by atoms with van der Waals surface area (Å²) in [6.07, 6.45) is 10.1. The number of allylic oxidation sites excluding steroid dienone is 4. The fourth-order valence-corrected chi connectivity index (χ4v) is 1.91. The molecule has 2 rings (SSSR count). The van der Waals surface area contributed by atoms with Crippen LogP contribution in [-0.4, -0.2) is 0 Å². The first-order chi connectivity index (χ1) is 6.83. The van der Waals surface area contributed by atoms with E-state index >= 15 is 0 Å². The van der Waals surface area contributed by atoms with E-state index in [1.807, 2.05) is 6.08 Å². The zero-order chi connectivity index (χ0) is 9.97. The monoisotopic (exact) mass is 180 g/mol. The van der Waals surface area contributed by atoms with Crippen molar-refractivity contribution in [2.45, 2.75) is 13.3 Å². The van der Waals surface area contributed by atoms with Crippen LogP contribution in [0.1, 0.15) is 18.1 Å². The molecule has 0 aromatic heterocycles. The minimum Gasteiger partial charge on any atom is -0.115 e. The molecule has 0 saturated heterocycles. The molecule has 0 aliphatic heterocycles. The highest BCUT2D eigenvalue weighted by Gasteiger charge is 2.15. The fraction of sp³-hybridized carbons (Fsp3) is 0.143. The number of rotatable bonds is 1. The third-order valence-electron chi connectivity index (χ3n) is 2.57. The number of hydrogen-bond donors (Lipinski definition) is 0. The minimum atomic E-state index is 1.06. The van der Waals surface area contributed by atoms with E-state index in [0.29, 0.717) is 0 Å². The van der Waals surface area contributed by atoms with Crippen molar-refractivity contribution in [3.63, 3.8) is 0 Å². The van der Waals surface area contributed by atoms with Gasteiger partial charge in [-0.25, -0.2) is 0 Å². The van der Waals surface area contributed by atoms with Gasteiger partial charge in [0.15, 0.2) is 0 Å². The zero-order valence-electron chi connectivity index (χ0n) is 8.25. The van der Waals surface area contributed by atoms with Crippen LogP contribution in [0, 0.1) is 12.3 Å². The molecule has 0 unspecified atom stereocenters. The van der Waals surface area contributed by atoms with Gasteiger partial charge < -0.3 is 0 Å². The lowest BCUT2D eigenvalue weighted by Crippen LogP contribution is -1.80. The maximum atomic E-state index is 5.21. The van der Waals surface area contributed by atoms with Crippen LogP contribution in [0.4, 0.5) is 0 Å². The first kappa shape index (κ1) is 8.84. The summed E-state index contributed by atoms with van der Waals surface area (Å²) in [7, 11) is 0. The van der Waals surface area contributed by atoms with Crippen LogP contribution in [0.3, 0.4) is 0 Å². The van der Waals surface area contributed by atoms with Gasteiger partial charge in [0.05, 0.1) is 0 Å². The van der Waals surface area contributed by atoms with Crippen molar-refractivity contribution in [1.82, 2.24) is 0 Å². The Labute approximate surface area is 85.0 Å². The van der Waals surface area contributed by atoms with Crippen molar-refractivity contribution in [2.24, 2.45) is 0 Å². The highest BCUT2D eigenvalue weighted by atomic mass is 14.2. The van der Waals surface area contributed by atoms with E-state index in [2.05, 4.69) is 37.1 Å². The van der Waals surface area contributed by atoms with Crippen LogP contribution in [0.2, 0.25) is 0 Å². The number of benzene rings is 1. The minimum absolute atomic E-state index is 1.06. The Bertz CT molecular complexity index is 453. The van der Waals surface area contributed by atoms with Gasteiger partial charge in [0.1, 0.15) is 0 Å². The SMILES string of the molecule is C#C/C=C\C1=C(C)Cc2ccccc21. The van der Waals surface area contributed by atoms with E-state index < -0.39 is 0 Å². The summed E-state index contributed by atoms with van der Waals surface area (Å²) in [6, 6.07) is 8.48. The summed E-state index contributed by atoms with van der Waals surface area (Å²) in [6.45, 7) is 2.16. The molecule has 0 nitrogen and oxygen atoms in total. The van der Waals surface area contributed by atoms with Crippen molar-refractivity contribution >= 4 is 5.57 Å². The summed E-state index contributed by atoms with van der Waals surface area (Å²) in [5.41, 5.74) is 5.43. The third kappa shape index (κ3) is 1.38. The van der Waals surface area contributed by atoms with Gasteiger partial charge in [-0.3, -0.25) is 0 Å². The largest absolute Gasteiger partial charge is 0.115 e. The highest BCUT2D eigenvalue weighted by Crippen LogP contribution is 2.32. The average molecular weight is 180 g/mol. The van der Waals surface area contributed by atoms with E-state index in [1.165, 1.54) is 22.3 Å². The van der Waals surface area contributed by atoms with E-state index in [4.69, 9.17) is 6.42 Å². The Morgan fingerprint density at radius 3 is 2.93 bits per heavy atom. The number of hydrogen-bond acceptors (Lipinski definition) is 0. The van der Waals surface area contributed by atoms with Crippen LogP contribution < -0.4 is 0 Å². The topological polar surface area (TPSA) is 0 Å². The maximum Gasteiger partial charge on any atom is -0.00545 e. The van der Waals surface area contributed by atoms with E-state index in [9.17, 15) is 0 Å². The molecule has 0 N–H and O–H groups in total. The fourth-order valence-electron chi connectivity index (χ4n) is 1.91. The first-order valence-corrected chi connectivity index (χ1v) is 4.73. The second-order valence-electron chi connectivity index (χ2n) is 3.53. The molecule has 0 heteroatoms. The summed E-state index contributed by atoms with van der Waals surface area (Å²) in [5.74, 6) is 2.53. The van der Waals surface area contributed by atoms with Crippen LogP contribution >= 0.6 is 0 Å². The molecule has 0 saturated carbocycles. The summed E-state index contributed by atoms with van der Waals surface area (Å²) in [4.78, 5) is 0. The van der Waals surface area contributed by atoms with Gasteiger partial charge in [-0.2, -0.15) is 0 Å². The Morgan fingerprint density at radius 2 is 2.14 bits per heavy atom. The molecule has 0 fully saturated rings. The van der Waals surface area contributed by atoms with E-state index in [-0.39, 0.29) is 0 Å².